The zero-order valence-corrected chi connectivity index (χ0v) is 38.6. The number of nitrogens with two attached hydrogens (primary N) is 2. The summed E-state index contributed by atoms with van der Waals surface area (Å²) in [6.07, 6.45) is 10.3. The number of aromatic hydroxyl groups is 1. The zero-order chi connectivity index (χ0) is 46.5. The summed E-state index contributed by atoms with van der Waals surface area (Å²) in [5, 5.41) is 22.4. The molecule has 0 saturated heterocycles. The van der Waals surface area contributed by atoms with E-state index in [0.29, 0.717) is 42.8 Å². The highest BCUT2D eigenvalue weighted by molar-refractivity contribution is 7.89. The lowest BCUT2D eigenvalue weighted by Crippen LogP contribution is -2.56. The average molecular weight is 901 g/mol. The molecule has 1 heterocycles. The third-order valence-corrected chi connectivity index (χ3v) is 12.5. The summed E-state index contributed by atoms with van der Waals surface area (Å²) in [6.45, 7) is 7.91. The highest BCUT2D eigenvalue weighted by Gasteiger charge is 2.37. The predicted octanol–water partition coefficient (Wildman–Crippen LogP) is 2.68. The van der Waals surface area contributed by atoms with Crippen molar-refractivity contribution in [2.45, 2.75) is 135 Å². The first-order valence-electron chi connectivity index (χ1n) is 22.4. The number of hydrogen-bond donors (Lipinski definition) is 8. The van der Waals surface area contributed by atoms with E-state index in [1.165, 1.54) is 66.0 Å². The third kappa shape index (κ3) is 17.1. The molecule has 0 spiro atoms. The standard InChI is InChI=1S/C45H72N8O9S/c1-6-7-8-9-10-11-12-15-23-48-24-26-63(60,61)52-37(16-13-14-21-46)45(59)53(5)41-34-18-20-40(62-25-22-47)36(29-34)35-27-33(17-19-39(35)55)28-38(43(57)49-30(2)32(4)54)51-42(56)31(3)50-44(41)58/h17-20,27,29-31,37-38,41,48,52,55H,6-16,21-26,28,46-47H2,1-5H3,(H,49,57)(H,50,58)(H,51,56)/t30-,31-,37-,38-,41-/m0/s1. The van der Waals surface area contributed by atoms with Crippen LogP contribution in [0.2, 0.25) is 0 Å². The molecule has 1 aliphatic heterocycles. The molecule has 352 valence electrons. The number of phenolic OH excluding ortho intramolecular Hbond substituents is 1. The van der Waals surface area contributed by atoms with E-state index in [2.05, 4.69) is 32.9 Å². The molecule has 0 aromatic heterocycles. The Morgan fingerprint density at radius 2 is 1.60 bits per heavy atom. The van der Waals surface area contributed by atoms with Gasteiger partial charge in [0.1, 0.15) is 42.3 Å². The maximum Gasteiger partial charge on any atom is 0.248 e. The summed E-state index contributed by atoms with van der Waals surface area (Å²) >= 11 is 0. The van der Waals surface area contributed by atoms with Gasteiger partial charge in [-0.2, -0.15) is 0 Å². The van der Waals surface area contributed by atoms with E-state index >= 15 is 0 Å². The average Bonchev–Trinajstić information content (AvgIpc) is 3.24. The number of Topliss-reactive ketones (excluding diaryl/α,β-unsaturated/α-hetero) is 1. The third-order valence-electron chi connectivity index (χ3n) is 11.1. The molecule has 10 N–H and O–H groups in total. The highest BCUT2D eigenvalue weighted by Crippen LogP contribution is 2.39. The van der Waals surface area contributed by atoms with E-state index in [9.17, 15) is 37.5 Å². The monoisotopic (exact) mass is 901 g/mol. The largest absolute Gasteiger partial charge is 0.507 e. The van der Waals surface area contributed by atoms with Gasteiger partial charge in [0, 0.05) is 37.7 Å². The fourth-order valence-electron chi connectivity index (χ4n) is 7.30. The Morgan fingerprint density at radius 1 is 0.905 bits per heavy atom. The number of unbranched alkanes of at least 4 members (excludes halogenated alkanes) is 8. The van der Waals surface area contributed by atoms with E-state index in [4.69, 9.17) is 16.2 Å². The minimum Gasteiger partial charge on any atom is -0.507 e. The molecular weight excluding hydrogens is 829 g/mol. The van der Waals surface area contributed by atoms with Crippen LogP contribution < -0.4 is 42.2 Å². The molecule has 18 heteroatoms. The van der Waals surface area contributed by atoms with Gasteiger partial charge in [0.2, 0.25) is 33.7 Å². The maximum absolute atomic E-state index is 14.5. The molecule has 4 bridgehead atoms. The summed E-state index contributed by atoms with van der Waals surface area (Å²) in [5.74, 6) is -3.30. The molecule has 1 aliphatic rings. The van der Waals surface area contributed by atoms with Gasteiger partial charge in [-0.15, -0.1) is 0 Å². The first kappa shape index (κ1) is 52.7. The van der Waals surface area contributed by atoms with Gasteiger partial charge in [-0.05, 0) is 88.5 Å². The molecule has 0 aliphatic carbocycles. The molecule has 0 radical (unpaired) electrons. The molecule has 63 heavy (non-hydrogen) atoms. The summed E-state index contributed by atoms with van der Waals surface area (Å²) in [7, 11) is -2.61. The van der Waals surface area contributed by atoms with Crippen LogP contribution >= 0.6 is 0 Å². The van der Waals surface area contributed by atoms with Gasteiger partial charge in [-0.3, -0.25) is 24.0 Å². The van der Waals surface area contributed by atoms with E-state index < -0.39 is 63.9 Å². The van der Waals surface area contributed by atoms with Crippen LogP contribution in [-0.4, -0.2) is 118 Å². The fraction of sp³-hybridized carbons (Fsp3) is 0.622. The zero-order valence-electron chi connectivity index (χ0n) is 37.8. The molecule has 2 aromatic rings. The number of carbonyl (C=O) groups excluding carboxylic acids is 5. The van der Waals surface area contributed by atoms with Gasteiger partial charge >= 0.3 is 0 Å². The molecule has 17 nitrogen and oxygen atoms in total. The number of phenols is 1. The number of nitrogens with one attached hydrogen (secondary N) is 5. The number of nitrogens with zero attached hydrogens (tertiary/aromatic N) is 1. The number of amides is 4. The first-order valence-corrected chi connectivity index (χ1v) is 24.1. The second-order valence-corrected chi connectivity index (χ2v) is 18.3. The van der Waals surface area contributed by atoms with Crippen molar-refractivity contribution in [3.63, 3.8) is 0 Å². The number of fused-ring (bicyclic) bond motifs is 5. The van der Waals surface area contributed by atoms with Gasteiger partial charge in [0.05, 0.1) is 11.8 Å². The minimum absolute atomic E-state index is 0.0501. The Bertz CT molecular complexity index is 1930. The van der Waals surface area contributed by atoms with Crippen LogP contribution in [0, 0.1) is 0 Å². The van der Waals surface area contributed by atoms with Gasteiger partial charge in [0.25, 0.3) is 0 Å². The minimum atomic E-state index is -3.99. The number of ketones is 1. The smallest absolute Gasteiger partial charge is 0.248 e. The number of sulfonamides is 1. The van der Waals surface area contributed by atoms with Crippen LogP contribution in [0.4, 0.5) is 0 Å². The van der Waals surface area contributed by atoms with Crippen LogP contribution in [0.15, 0.2) is 36.4 Å². The number of rotatable bonds is 26. The quantitative estimate of drug-likeness (QED) is 0.0634. The molecule has 0 unspecified atom stereocenters. The summed E-state index contributed by atoms with van der Waals surface area (Å²) < 4.78 is 35.5. The number of likely N-dealkylation sites (N-methyl/N-ethyl adjacent to an activating group) is 1. The Balaban J connectivity index is 1.99. The SMILES string of the molecule is CCCCCCCCCCNCCS(=O)(=O)N[C@@H](CCCCN)C(=O)N(C)[C@@H]1C(=O)N[C@@H](C)C(=O)N[C@H](C(=O)N[C@@H](C)C(C)=O)Cc2ccc(O)c(c2)-c2cc1ccc2OCCN. The van der Waals surface area contributed by atoms with Crippen molar-refractivity contribution in [2.75, 3.05) is 45.6 Å². The molecular formula is C45H72N8O9S. The molecule has 0 fully saturated rings. The van der Waals surface area contributed by atoms with Crippen LogP contribution in [-0.2, 0) is 40.4 Å². The van der Waals surface area contributed by atoms with Crippen molar-refractivity contribution < 1.29 is 42.2 Å². The van der Waals surface area contributed by atoms with E-state index in [1.807, 2.05) is 0 Å². The van der Waals surface area contributed by atoms with Gasteiger partial charge in [0.15, 0.2) is 5.78 Å². The Kier molecular flexibility index (Phi) is 22.5. The molecule has 0 saturated carbocycles. The Labute approximate surface area is 373 Å². The number of carbonyl (C=O) groups is 5. The Hall–Kier alpha value is -4.62. The van der Waals surface area contributed by atoms with Gasteiger partial charge < -0.3 is 47.5 Å². The fourth-order valence-corrected chi connectivity index (χ4v) is 8.49. The van der Waals surface area contributed by atoms with Crippen LogP contribution in [0.5, 0.6) is 11.5 Å². The lowest BCUT2D eigenvalue weighted by atomic mass is 9.93. The van der Waals surface area contributed by atoms with E-state index in [1.54, 1.807) is 30.3 Å². The van der Waals surface area contributed by atoms with Gasteiger partial charge in [-0.1, -0.05) is 70.4 Å². The number of benzene rings is 2. The second-order valence-electron chi connectivity index (χ2n) is 16.4. The highest BCUT2D eigenvalue weighted by atomic mass is 32.2. The lowest BCUT2D eigenvalue weighted by molar-refractivity contribution is -0.141. The maximum atomic E-state index is 14.5. The topological polar surface area (TPSA) is 264 Å². The van der Waals surface area contributed by atoms with Crippen molar-refractivity contribution >= 4 is 39.4 Å². The predicted molar refractivity (Wildman–Crippen MR) is 244 cm³/mol. The lowest BCUT2D eigenvalue weighted by Gasteiger charge is -2.32. The van der Waals surface area contributed by atoms with Crippen molar-refractivity contribution in [3.8, 4) is 22.6 Å². The van der Waals surface area contributed by atoms with Crippen LogP contribution in [0.25, 0.3) is 11.1 Å². The normalized spacial score (nSPS) is 17.7. The first-order chi connectivity index (χ1) is 30.0. The van der Waals surface area contributed by atoms with E-state index in [-0.39, 0.29) is 61.0 Å². The molecule has 5 atom stereocenters. The summed E-state index contributed by atoms with van der Waals surface area (Å²) in [6, 6.07) is 3.39. The molecule has 2 aromatic carbocycles. The van der Waals surface area contributed by atoms with Crippen LogP contribution in [0.1, 0.15) is 115 Å². The molecule has 4 amide bonds. The van der Waals surface area contributed by atoms with Gasteiger partial charge in [-0.25, -0.2) is 13.1 Å². The Morgan fingerprint density at radius 3 is 2.27 bits per heavy atom. The second kappa shape index (κ2) is 26.9. The summed E-state index contributed by atoms with van der Waals surface area (Å²) in [4.78, 5) is 69.4. The van der Waals surface area contributed by atoms with E-state index in [0.717, 1.165) is 24.2 Å². The van der Waals surface area contributed by atoms with Crippen molar-refractivity contribution in [2.24, 2.45) is 11.5 Å². The van der Waals surface area contributed by atoms with Crippen LogP contribution in [0.3, 0.4) is 0 Å². The van der Waals surface area contributed by atoms with Crippen molar-refractivity contribution in [3.05, 3.63) is 47.5 Å². The summed E-state index contributed by atoms with van der Waals surface area (Å²) in [5.41, 5.74) is 12.9. The number of hydrogen-bond acceptors (Lipinski definition) is 12. The number of ether oxygens (including phenoxy) is 1. The van der Waals surface area contributed by atoms with Crippen molar-refractivity contribution in [1.29, 1.82) is 0 Å². The molecule has 3 rings (SSSR count). The van der Waals surface area contributed by atoms with Crippen molar-refractivity contribution in [1.82, 2.24) is 30.9 Å².